The lowest BCUT2D eigenvalue weighted by atomic mass is 10.1. The number of amides is 3. The number of Topliss-reactive ketones (excluding diaryl/α,β-unsaturated/α-hetero) is 1. The third-order valence-electron chi connectivity index (χ3n) is 7.75. The van der Waals surface area contributed by atoms with Crippen LogP contribution in [-0.2, 0) is 33.9 Å². The summed E-state index contributed by atoms with van der Waals surface area (Å²) in [6.45, 7) is 5.27. The Bertz CT molecular complexity index is 1050. The summed E-state index contributed by atoms with van der Waals surface area (Å²) in [7, 11) is -3.89. The van der Waals surface area contributed by atoms with Crippen LogP contribution in [-0.4, -0.2) is 71.9 Å². The van der Waals surface area contributed by atoms with Crippen molar-refractivity contribution in [3.05, 3.63) is 12.2 Å². The summed E-state index contributed by atoms with van der Waals surface area (Å²) in [5, 5.41) is 2.73. The SMILES string of the molecule is CC[C@H]1CC(=O)N2CC(=O)C[C@H]2C(=O)N[C@]2(C(=O)NS(=O)(=O)C3(C)CC3)C[C@@H]2/C=C\CC[C@@H](C)O1. The molecule has 1 saturated heterocycles. The van der Waals surface area contributed by atoms with Gasteiger partial charge in [0.25, 0.3) is 5.91 Å². The number of carbonyl (C=O) groups is 4. The van der Waals surface area contributed by atoms with Gasteiger partial charge in [0.05, 0.1) is 29.9 Å². The zero-order valence-corrected chi connectivity index (χ0v) is 21.4. The van der Waals surface area contributed by atoms with Gasteiger partial charge in [0.1, 0.15) is 11.6 Å². The van der Waals surface area contributed by atoms with E-state index in [-0.39, 0.29) is 55.6 Å². The fourth-order valence-corrected chi connectivity index (χ4v) is 6.15. The first-order chi connectivity index (χ1) is 16.4. The highest BCUT2D eigenvalue weighted by atomic mass is 32.2. The number of hydrogen-bond acceptors (Lipinski definition) is 7. The summed E-state index contributed by atoms with van der Waals surface area (Å²) in [6, 6.07) is -1.04. The number of nitrogens with one attached hydrogen (secondary N) is 2. The summed E-state index contributed by atoms with van der Waals surface area (Å²) in [4.78, 5) is 53.1. The Morgan fingerprint density at radius 2 is 1.97 bits per heavy atom. The number of hydrogen-bond donors (Lipinski definition) is 2. The minimum atomic E-state index is -3.89. The Balaban J connectivity index is 1.60. The van der Waals surface area contributed by atoms with Gasteiger partial charge in [-0.2, -0.15) is 0 Å². The first kappa shape index (κ1) is 25.8. The fourth-order valence-electron chi connectivity index (χ4n) is 4.84. The van der Waals surface area contributed by atoms with Gasteiger partial charge in [-0.1, -0.05) is 19.1 Å². The van der Waals surface area contributed by atoms with Crippen molar-refractivity contribution in [1.29, 1.82) is 0 Å². The lowest BCUT2D eigenvalue weighted by molar-refractivity contribution is -0.142. The molecule has 0 unspecified atom stereocenters. The molecule has 194 valence electrons. The predicted molar refractivity (Wildman–Crippen MR) is 126 cm³/mol. The first-order valence-corrected chi connectivity index (χ1v) is 13.9. The van der Waals surface area contributed by atoms with Gasteiger partial charge < -0.3 is 15.0 Å². The van der Waals surface area contributed by atoms with Crippen molar-refractivity contribution in [1.82, 2.24) is 14.9 Å². The van der Waals surface area contributed by atoms with Crippen molar-refractivity contribution in [2.45, 2.75) is 101 Å². The lowest BCUT2D eigenvalue weighted by Crippen LogP contribution is -2.57. The van der Waals surface area contributed by atoms with Gasteiger partial charge in [-0.05, 0) is 52.4 Å². The Morgan fingerprint density at radius 3 is 2.63 bits per heavy atom. The van der Waals surface area contributed by atoms with Gasteiger partial charge in [-0.3, -0.25) is 23.9 Å². The summed E-state index contributed by atoms with van der Waals surface area (Å²) in [5.41, 5.74) is -1.43. The van der Waals surface area contributed by atoms with Crippen molar-refractivity contribution in [2.24, 2.45) is 5.92 Å². The van der Waals surface area contributed by atoms with Crippen LogP contribution in [0.3, 0.4) is 0 Å². The lowest BCUT2D eigenvalue weighted by Gasteiger charge is -2.28. The van der Waals surface area contributed by atoms with Crippen LogP contribution in [0, 0.1) is 5.92 Å². The Kier molecular flexibility index (Phi) is 6.87. The van der Waals surface area contributed by atoms with E-state index in [2.05, 4.69) is 10.0 Å². The van der Waals surface area contributed by atoms with E-state index in [0.717, 1.165) is 0 Å². The molecular weight excluding hydrogens is 474 g/mol. The van der Waals surface area contributed by atoms with Gasteiger partial charge >= 0.3 is 0 Å². The molecule has 0 bridgehead atoms. The molecule has 0 aromatic carbocycles. The van der Waals surface area contributed by atoms with Crippen molar-refractivity contribution >= 4 is 33.5 Å². The molecular formula is C24H35N3O7S. The molecule has 3 amide bonds. The molecule has 0 radical (unpaired) electrons. The first-order valence-electron chi connectivity index (χ1n) is 12.4. The van der Waals surface area contributed by atoms with E-state index in [0.29, 0.717) is 32.1 Å². The highest BCUT2D eigenvalue weighted by Crippen LogP contribution is 2.47. The van der Waals surface area contributed by atoms with Crippen LogP contribution in [0.15, 0.2) is 12.2 Å². The number of sulfonamides is 1. The van der Waals surface area contributed by atoms with Crippen molar-refractivity contribution in [3.8, 4) is 0 Å². The van der Waals surface area contributed by atoms with Gasteiger partial charge in [-0.25, -0.2) is 8.42 Å². The van der Waals surface area contributed by atoms with Gasteiger partial charge in [0, 0.05) is 12.3 Å². The standard InChI is InChI=1S/C24H35N3O7S/c1-4-18-12-20(29)27-14-17(28)11-19(27)21(30)25-24(13-16(24)8-6-5-7-15(2)34-18)22(31)26-35(32,33)23(3)9-10-23/h6,8,15-16,18-19H,4-5,7,9-14H2,1-3H3,(H,25,30)(H,26,31)/b8-6-/t15-,16+,18+,19+,24-/m1/s1. The third-order valence-corrected chi connectivity index (χ3v) is 9.91. The number of ether oxygens (including phenoxy) is 1. The van der Waals surface area contributed by atoms with Crippen LogP contribution in [0.2, 0.25) is 0 Å². The van der Waals surface area contributed by atoms with E-state index < -0.39 is 38.2 Å². The quantitative estimate of drug-likeness (QED) is 0.538. The molecule has 0 spiro atoms. The molecule has 11 heteroatoms. The molecule has 3 fully saturated rings. The maximum atomic E-state index is 13.3. The summed E-state index contributed by atoms with van der Waals surface area (Å²) < 4.78 is 32.7. The third kappa shape index (κ3) is 5.16. The minimum Gasteiger partial charge on any atom is -0.375 e. The monoisotopic (exact) mass is 509 g/mol. The molecule has 2 aliphatic carbocycles. The van der Waals surface area contributed by atoms with Gasteiger partial charge in [-0.15, -0.1) is 0 Å². The normalized spacial score (nSPS) is 36.2. The number of allylic oxidation sites excluding steroid dienone is 1. The topological polar surface area (TPSA) is 139 Å². The van der Waals surface area contributed by atoms with Crippen LogP contribution < -0.4 is 10.0 Å². The number of rotatable bonds is 4. The van der Waals surface area contributed by atoms with Crippen LogP contribution in [0.1, 0.15) is 72.1 Å². The van der Waals surface area contributed by atoms with Gasteiger partial charge in [0.2, 0.25) is 21.8 Å². The highest BCUT2D eigenvalue weighted by molar-refractivity contribution is 7.91. The Hall–Kier alpha value is -2.27. The second-order valence-corrected chi connectivity index (χ2v) is 12.8. The molecule has 2 heterocycles. The molecule has 2 N–H and O–H groups in total. The molecule has 0 aromatic heterocycles. The number of carbonyl (C=O) groups excluding carboxylic acids is 4. The van der Waals surface area contributed by atoms with Crippen molar-refractivity contribution < 1.29 is 32.3 Å². The molecule has 5 atom stereocenters. The number of fused-ring (bicyclic) bond motifs is 2. The fraction of sp³-hybridized carbons (Fsp3) is 0.750. The number of nitrogens with zero attached hydrogens (tertiary/aromatic N) is 1. The van der Waals surface area contributed by atoms with E-state index in [1.807, 2.05) is 26.0 Å². The zero-order valence-electron chi connectivity index (χ0n) is 20.5. The second-order valence-electron chi connectivity index (χ2n) is 10.6. The minimum absolute atomic E-state index is 0.0544. The van der Waals surface area contributed by atoms with E-state index >= 15 is 0 Å². The van der Waals surface area contributed by atoms with Crippen LogP contribution in [0.4, 0.5) is 0 Å². The van der Waals surface area contributed by atoms with Gasteiger partial charge in [0.15, 0.2) is 5.78 Å². The van der Waals surface area contributed by atoms with E-state index in [1.165, 1.54) is 4.90 Å². The summed E-state index contributed by atoms with van der Waals surface area (Å²) in [6.07, 6.45) is 6.41. The average Bonchev–Trinajstić information content (AvgIpc) is 3.66. The molecule has 4 aliphatic rings. The largest absolute Gasteiger partial charge is 0.375 e. The molecule has 0 aromatic rings. The molecule has 2 aliphatic heterocycles. The van der Waals surface area contributed by atoms with Crippen LogP contribution in [0.5, 0.6) is 0 Å². The molecule has 35 heavy (non-hydrogen) atoms. The molecule has 10 nitrogen and oxygen atoms in total. The Morgan fingerprint density at radius 1 is 1.26 bits per heavy atom. The highest BCUT2D eigenvalue weighted by Gasteiger charge is 2.63. The maximum Gasteiger partial charge on any atom is 0.259 e. The van der Waals surface area contributed by atoms with E-state index in [9.17, 15) is 27.6 Å². The van der Waals surface area contributed by atoms with E-state index in [1.54, 1.807) is 6.92 Å². The predicted octanol–water partition coefficient (Wildman–Crippen LogP) is 0.954. The molecule has 4 rings (SSSR count). The summed E-state index contributed by atoms with van der Waals surface area (Å²) >= 11 is 0. The van der Waals surface area contributed by atoms with Crippen LogP contribution >= 0.6 is 0 Å². The Labute approximate surface area is 206 Å². The zero-order chi connectivity index (χ0) is 25.6. The smallest absolute Gasteiger partial charge is 0.259 e. The summed E-state index contributed by atoms with van der Waals surface area (Å²) in [5.74, 6) is -2.37. The van der Waals surface area contributed by atoms with Crippen LogP contribution in [0.25, 0.3) is 0 Å². The molecule has 2 saturated carbocycles. The number of ketones is 1. The average molecular weight is 510 g/mol. The van der Waals surface area contributed by atoms with Crippen molar-refractivity contribution in [2.75, 3.05) is 6.54 Å². The maximum absolute atomic E-state index is 13.3. The van der Waals surface area contributed by atoms with Crippen molar-refractivity contribution in [3.63, 3.8) is 0 Å². The second kappa shape index (κ2) is 9.31. The van der Waals surface area contributed by atoms with E-state index in [4.69, 9.17) is 4.74 Å².